The van der Waals surface area contributed by atoms with E-state index >= 15 is 0 Å². The third kappa shape index (κ3) is 1.57. The second-order valence-electron chi connectivity index (χ2n) is 6.02. The molecule has 3 fully saturated rings. The molecule has 4 heteroatoms. The van der Waals surface area contributed by atoms with Gasteiger partial charge in [-0.05, 0) is 37.9 Å². The van der Waals surface area contributed by atoms with Crippen LogP contribution in [0.15, 0.2) is 9.98 Å². The predicted molar refractivity (Wildman–Crippen MR) is 79.5 cm³/mol. The lowest BCUT2D eigenvalue weighted by atomic mass is 9.42. The van der Waals surface area contributed by atoms with Crippen LogP contribution in [-0.2, 0) is 0 Å². The molecule has 2 bridgehead atoms. The Balaban J connectivity index is 1.89. The fourth-order valence-electron chi connectivity index (χ4n) is 3.76. The highest BCUT2D eigenvalue weighted by Crippen LogP contribution is 2.65. The summed E-state index contributed by atoms with van der Waals surface area (Å²) in [7, 11) is 0. The van der Waals surface area contributed by atoms with Crippen molar-refractivity contribution in [2.45, 2.75) is 51.6 Å². The van der Waals surface area contributed by atoms with Crippen LogP contribution in [0.5, 0.6) is 0 Å². The van der Waals surface area contributed by atoms with E-state index in [1.165, 1.54) is 18.7 Å². The molecule has 0 N–H and O–H groups in total. The average molecular weight is 265 g/mol. The summed E-state index contributed by atoms with van der Waals surface area (Å²) in [5.41, 5.74) is 0.442. The second-order valence-corrected chi connectivity index (χ2v) is 6.79. The van der Waals surface area contributed by atoms with E-state index in [4.69, 9.17) is 9.98 Å². The lowest BCUT2D eigenvalue weighted by Crippen LogP contribution is -2.75. The molecule has 2 atom stereocenters. The zero-order chi connectivity index (χ0) is 12.9. The van der Waals surface area contributed by atoms with E-state index in [2.05, 4.69) is 31.9 Å². The van der Waals surface area contributed by atoms with Gasteiger partial charge in [-0.2, -0.15) is 0 Å². The van der Waals surface area contributed by atoms with Crippen LogP contribution in [0.25, 0.3) is 0 Å². The number of hydrogen-bond acceptors (Lipinski definition) is 4. The molecule has 1 aliphatic heterocycles. The van der Waals surface area contributed by atoms with E-state index < -0.39 is 0 Å². The van der Waals surface area contributed by atoms with Gasteiger partial charge in [0.05, 0.1) is 6.04 Å². The number of aliphatic imine (C=N–C) groups is 2. The van der Waals surface area contributed by atoms with Crippen molar-refractivity contribution in [3.63, 3.8) is 0 Å². The number of nitrogens with zero attached hydrogens (tertiary/aromatic N) is 3. The van der Waals surface area contributed by atoms with Gasteiger partial charge in [-0.15, -0.1) is 0 Å². The molecular weight excluding hydrogens is 242 g/mol. The van der Waals surface area contributed by atoms with Crippen LogP contribution in [0, 0.1) is 11.8 Å². The fourth-order valence-corrected chi connectivity index (χ4v) is 4.25. The van der Waals surface area contributed by atoms with Crippen molar-refractivity contribution in [3.8, 4) is 0 Å². The molecule has 0 aromatic heterocycles. The van der Waals surface area contributed by atoms with Crippen molar-refractivity contribution < 1.29 is 0 Å². The van der Waals surface area contributed by atoms with Crippen LogP contribution in [0.3, 0.4) is 0 Å². The molecule has 0 radical (unpaired) electrons. The Hall–Kier alpha value is -0.510. The summed E-state index contributed by atoms with van der Waals surface area (Å²) in [6.07, 6.45) is 5.86. The maximum Gasteiger partial charge on any atom is 0.184 e. The highest BCUT2D eigenvalue weighted by atomic mass is 32.2. The van der Waals surface area contributed by atoms with Crippen LogP contribution >= 0.6 is 11.8 Å². The molecule has 0 aromatic carbocycles. The van der Waals surface area contributed by atoms with Crippen molar-refractivity contribution in [2.75, 3.05) is 12.8 Å². The Bertz CT molecular complexity index is 409. The summed E-state index contributed by atoms with van der Waals surface area (Å²) in [4.78, 5) is 12.1. The summed E-state index contributed by atoms with van der Waals surface area (Å²) < 4.78 is 0. The summed E-state index contributed by atoms with van der Waals surface area (Å²) in [5, 5.41) is 0.959. The summed E-state index contributed by atoms with van der Waals surface area (Å²) in [6.45, 7) is 7.90. The van der Waals surface area contributed by atoms with Gasteiger partial charge in [-0.25, -0.2) is 4.99 Å². The first-order valence-electron chi connectivity index (χ1n) is 7.07. The molecular formula is C14H23N3S. The lowest BCUT2D eigenvalue weighted by Gasteiger charge is -2.72. The minimum Gasteiger partial charge on any atom is -0.352 e. The topological polar surface area (TPSA) is 28.0 Å². The largest absolute Gasteiger partial charge is 0.352 e. The van der Waals surface area contributed by atoms with E-state index in [-0.39, 0.29) is 0 Å². The smallest absolute Gasteiger partial charge is 0.184 e. The molecule has 4 aliphatic rings. The molecule has 3 nitrogen and oxygen atoms in total. The first-order valence-corrected chi connectivity index (χ1v) is 8.30. The van der Waals surface area contributed by atoms with Gasteiger partial charge in [0.1, 0.15) is 5.84 Å². The van der Waals surface area contributed by atoms with Gasteiger partial charge in [0.25, 0.3) is 0 Å². The Kier molecular flexibility index (Phi) is 2.96. The number of thioether (sulfide) groups is 1. The molecule has 0 aromatic rings. The molecule has 0 saturated heterocycles. The predicted octanol–water partition coefficient (Wildman–Crippen LogP) is 3.02. The van der Waals surface area contributed by atoms with Gasteiger partial charge in [0.2, 0.25) is 0 Å². The van der Waals surface area contributed by atoms with Gasteiger partial charge in [0.15, 0.2) is 5.17 Å². The van der Waals surface area contributed by atoms with Gasteiger partial charge in [0, 0.05) is 18.5 Å². The van der Waals surface area contributed by atoms with E-state index in [1.807, 2.05) is 0 Å². The van der Waals surface area contributed by atoms with Crippen molar-refractivity contribution in [3.05, 3.63) is 0 Å². The molecule has 1 heterocycles. The van der Waals surface area contributed by atoms with Crippen LogP contribution in [0.4, 0.5) is 0 Å². The normalized spacial score (nSPS) is 42.4. The number of rotatable bonds is 2. The third-order valence-corrected chi connectivity index (χ3v) is 5.70. The fraction of sp³-hybridized carbons (Fsp3) is 0.857. The van der Waals surface area contributed by atoms with E-state index in [9.17, 15) is 0 Å². The highest BCUT2D eigenvalue weighted by Gasteiger charge is 2.66. The van der Waals surface area contributed by atoms with Crippen molar-refractivity contribution in [2.24, 2.45) is 21.8 Å². The first kappa shape index (κ1) is 12.5. The minimum atomic E-state index is 0.362. The molecule has 18 heavy (non-hydrogen) atoms. The molecule has 3 aliphatic carbocycles. The summed E-state index contributed by atoms with van der Waals surface area (Å²) in [6, 6.07) is 0.362. The average Bonchev–Trinajstić information content (AvgIpc) is 2.46. The van der Waals surface area contributed by atoms with Crippen LogP contribution in [0.2, 0.25) is 0 Å². The van der Waals surface area contributed by atoms with Crippen LogP contribution in [0.1, 0.15) is 40.0 Å². The standard InChI is InChI=1S/C14H23N3S/c1-5-12-16-13(18-4)15-9(2)8-17(12)14-6-11(7-14)10(14)3/h9-11H,5-8H2,1-4H3/t9?,10-,11?,14?/m1/s1. The number of amidine groups is 2. The van der Waals surface area contributed by atoms with E-state index in [1.54, 1.807) is 11.8 Å². The van der Waals surface area contributed by atoms with Gasteiger partial charge < -0.3 is 4.90 Å². The van der Waals surface area contributed by atoms with E-state index in [0.29, 0.717) is 11.6 Å². The summed E-state index contributed by atoms with van der Waals surface area (Å²) in [5.74, 6) is 3.11. The van der Waals surface area contributed by atoms with Crippen molar-refractivity contribution in [1.82, 2.24) is 4.90 Å². The quantitative estimate of drug-likeness (QED) is 0.767. The Morgan fingerprint density at radius 1 is 1.39 bits per heavy atom. The molecule has 0 spiro atoms. The van der Waals surface area contributed by atoms with Gasteiger partial charge in [-0.3, -0.25) is 4.99 Å². The Morgan fingerprint density at radius 2 is 2.11 bits per heavy atom. The number of hydrogen-bond donors (Lipinski definition) is 0. The summed E-state index contributed by atoms with van der Waals surface area (Å²) >= 11 is 1.67. The zero-order valence-corrected chi connectivity index (χ0v) is 12.6. The molecule has 1 unspecified atom stereocenters. The molecule has 3 saturated carbocycles. The Labute approximate surface area is 114 Å². The Morgan fingerprint density at radius 3 is 2.56 bits per heavy atom. The van der Waals surface area contributed by atoms with Crippen molar-refractivity contribution in [1.29, 1.82) is 0 Å². The third-order valence-electron chi connectivity index (χ3n) is 5.14. The van der Waals surface area contributed by atoms with Gasteiger partial charge >= 0.3 is 0 Å². The second kappa shape index (κ2) is 4.26. The highest BCUT2D eigenvalue weighted by molar-refractivity contribution is 8.13. The molecule has 0 amide bonds. The zero-order valence-electron chi connectivity index (χ0n) is 11.8. The molecule has 100 valence electrons. The van der Waals surface area contributed by atoms with E-state index in [0.717, 1.165) is 30.0 Å². The van der Waals surface area contributed by atoms with Crippen LogP contribution in [-0.4, -0.2) is 40.3 Å². The maximum absolute atomic E-state index is 4.81. The first-order chi connectivity index (χ1) is 8.60. The van der Waals surface area contributed by atoms with Crippen LogP contribution < -0.4 is 0 Å². The molecule has 4 rings (SSSR count). The minimum absolute atomic E-state index is 0.362. The maximum atomic E-state index is 4.81. The lowest BCUT2D eigenvalue weighted by molar-refractivity contribution is -0.178. The van der Waals surface area contributed by atoms with Crippen molar-refractivity contribution >= 4 is 22.8 Å². The monoisotopic (exact) mass is 265 g/mol. The SMILES string of the molecule is CCC1=NC(SC)=NC(C)CN1C12CC(C1)[C@H]2C. The van der Waals surface area contributed by atoms with Gasteiger partial charge in [-0.1, -0.05) is 25.6 Å².